The minimum atomic E-state index is -4.41. The molecule has 3 aromatic rings. The number of rotatable bonds is 2. The van der Waals surface area contributed by atoms with Gasteiger partial charge in [-0.1, -0.05) is 32.9 Å². The van der Waals surface area contributed by atoms with E-state index in [1.807, 2.05) is 20.8 Å². The number of halogens is 3. The van der Waals surface area contributed by atoms with Gasteiger partial charge >= 0.3 is 6.18 Å². The SMILES string of the molecule is CC(C)(C)c1nc(-c2cccc(C(F)(F)F)c2)c(-c2ccncn2)[nH]1. The maximum atomic E-state index is 13.1. The molecule has 1 N–H and O–H groups in total. The zero-order valence-corrected chi connectivity index (χ0v) is 14.0. The second-order valence-electron chi connectivity index (χ2n) is 6.73. The van der Waals surface area contributed by atoms with E-state index in [2.05, 4.69) is 19.9 Å². The normalized spacial score (nSPS) is 12.4. The summed E-state index contributed by atoms with van der Waals surface area (Å²) in [4.78, 5) is 15.9. The van der Waals surface area contributed by atoms with Crippen molar-refractivity contribution in [2.24, 2.45) is 0 Å². The van der Waals surface area contributed by atoms with E-state index in [0.717, 1.165) is 12.1 Å². The van der Waals surface area contributed by atoms with E-state index in [1.165, 1.54) is 12.4 Å². The lowest BCUT2D eigenvalue weighted by atomic mass is 9.96. The summed E-state index contributed by atoms with van der Waals surface area (Å²) >= 11 is 0. The summed E-state index contributed by atoms with van der Waals surface area (Å²) in [6.07, 6.45) is -1.44. The molecule has 1 aromatic carbocycles. The van der Waals surface area contributed by atoms with Crippen molar-refractivity contribution < 1.29 is 13.2 Å². The minimum absolute atomic E-state index is 0.290. The second kappa shape index (κ2) is 5.98. The van der Waals surface area contributed by atoms with Gasteiger partial charge in [-0.2, -0.15) is 13.2 Å². The lowest BCUT2D eigenvalue weighted by Crippen LogP contribution is -2.13. The number of H-pyrrole nitrogens is 1. The van der Waals surface area contributed by atoms with Crippen LogP contribution in [0.3, 0.4) is 0 Å². The van der Waals surface area contributed by atoms with E-state index >= 15 is 0 Å². The summed E-state index contributed by atoms with van der Waals surface area (Å²) in [5.74, 6) is 0.675. The van der Waals surface area contributed by atoms with Crippen molar-refractivity contribution in [1.29, 1.82) is 0 Å². The highest BCUT2D eigenvalue weighted by Crippen LogP contribution is 2.36. The first kappa shape index (κ1) is 17.1. The first-order valence-electron chi connectivity index (χ1n) is 7.71. The molecule has 25 heavy (non-hydrogen) atoms. The molecule has 0 atom stereocenters. The van der Waals surface area contributed by atoms with Crippen molar-refractivity contribution >= 4 is 0 Å². The third-order valence-corrected chi connectivity index (χ3v) is 3.72. The topological polar surface area (TPSA) is 54.5 Å². The fourth-order valence-electron chi connectivity index (χ4n) is 2.40. The molecule has 0 saturated heterocycles. The molecule has 0 amide bonds. The van der Waals surface area contributed by atoms with E-state index in [1.54, 1.807) is 18.3 Å². The van der Waals surface area contributed by atoms with E-state index < -0.39 is 11.7 Å². The Morgan fingerprint density at radius 1 is 1.04 bits per heavy atom. The first-order valence-corrected chi connectivity index (χ1v) is 7.71. The first-order chi connectivity index (χ1) is 11.7. The van der Waals surface area contributed by atoms with E-state index in [-0.39, 0.29) is 5.41 Å². The molecule has 0 saturated carbocycles. The predicted octanol–water partition coefficient (Wildman–Crippen LogP) is 4.85. The molecule has 0 radical (unpaired) electrons. The van der Waals surface area contributed by atoms with Crippen molar-refractivity contribution in [2.75, 3.05) is 0 Å². The number of hydrogen-bond donors (Lipinski definition) is 1. The Balaban J connectivity index is 2.20. The maximum Gasteiger partial charge on any atom is 0.416 e. The maximum absolute atomic E-state index is 13.1. The molecule has 7 heteroatoms. The van der Waals surface area contributed by atoms with Gasteiger partial charge in [-0.15, -0.1) is 0 Å². The Bertz CT molecular complexity index is 877. The van der Waals surface area contributed by atoms with E-state index in [4.69, 9.17) is 0 Å². The van der Waals surface area contributed by atoms with Gasteiger partial charge in [0.05, 0.1) is 22.6 Å². The molecule has 4 nitrogen and oxygen atoms in total. The highest BCUT2D eigenvalue weighted by molar-refractivity contribution is 5.77. The summed E-state index contributed by atoms with van der Waals surface area (Å²) in [6.45, 7) is 5.93. The van der Waals surface area contributed by atoms with E-state index in [9.17, 15) is 13.2 Å². The smallest absolute Gasteiger partial charge is 0.340 e. The van der Waals surface area contributed by atoms with Crippen molar-refractivity contribution in [3.63, 3.8) is 0 Å². The van der Waals surface area contributed by atoms with Crippen LogP contribution in [0.1, 0.15) is 32.2 Å². The number of benzene rings is 1. The van der Waals surface area contributed by atoms with Gasteiger partial charge in [-0.3, -0.25) is 0 Å². The van der Waals surface area contributed by atoms with Crippen LogP contribution in [-0.4, -0.2) is 19.9 Å². The standard InChI is InChI=1S/C18H17F3N4/c1-17(2,3)16-24-14(15(25-16)13-7-8-22-10-23-13)11-5-4-6-12(9-11)18(19,20)21/h4-10H,1-3H3,(H,24,25). The summed E-state index contributed by atoms with van der Waals surface area (Å²) in [5.41, 5.74) is 0.975. The summed E-state index contributed by atoms with van der Waals surface area (Å²) < 4.78 is 39.2. The molecule has 0 aliphatic carbocycles. The molecule has 0 aliphatic heterocycles. The lowest BCUT2D eigenvalue weighted by molar-refractivity contribution is -0.137. The molecular formula is C18H17F3N4. The molecule has 0 unspecified atom stereocenters. The van der Waals surface area contributed by atoms with Crippen LogP contribution in [0.4, 0.5) is 13.2 Å². The number of hydrogen-bond acceptors (Lipinski definition) is 3. The van der Waals surface area contributed by atoms with Gasteiger partial charge in [0, 0.05) is 17.2 Å². The third kappa shape index (κ3) is 3.55. The summed E-state index contributed by atoms with van der Waals surface area (Å²) in [6, 6.07) is 6.84. The van der Waals surface area contributed by atoms with Crippen molar-refractivity contribution in [3.8, 4) is 22.6 Å². The van der Waals surface area contributed by atoms with Crippen LogP contribution in [0, 0.1) is 0 Å². The van der Waals surface area contributed by atoms with Crippen LogP contribution in [0.15, 0.2) is 42.9 Å². The molecular weight excluding hydrogens is 329 g/mol. The predicted molar refractivity (Wildman–Crippen MR) is 88.8 cm³/mol. The van der Waals surface area contributed by atoms with Gasteiger partial charge in [0.15, 0.2) is 0 Å². The molecule has 0 spiro atoms. The van der Waals surface area contributed by atoms with Crippen molar-refractivity contribution in [2.45, 2.75) is 32.4 Å². The largest absolute Gasteiger partial charge is 0.416 e. The minimum Gasteiger partial charge on any atom is -0.340 e. The van der Waals surface area contributed by atoms with Gasteiger partial charge in [0.2, 0.25) is 0 Å². The van der Waals surface area contributed by atoms with Crippen molar-refractivity contribution in [3.05, 3.63) is 54.2 Å². The van der Waals surface area contributed by atoms with Gasteiger partial charge in [0.1, 0.15) is 12.2 Å². The Morgan fingerprint density at radius 3 is 2.40 bits per heavy atom. The average molecular weight is 346 g/mol. The highest BCUT2D eigenvalue weighted by Gasteiger charge is 2.31. The van der Waals surface area contributed by atoms with Gasteiger partial charge in [-0.25, -0.2) is 15.0 Å². The van der Waals surface area contributed by atoms with Crippen LogP contribution in [0.25, 0.3) is 22.6 Å². The van der Waals surface area contributed by atoms with Crippen molar-refractivity contribution in [1.82, 2.24) is 19.9 Å². The van der Waals surface area contributed by atoms with Crippen LogP contribution < -0.4 is 0 Å². The zero-order chi connectivity index (χ0) is 18.2. The average Bonchev–Trinajstić information content (AvgIpc) is 3.00. The number of nitrogens with zero attached hydrogens (tertiary/aromatic N) is 3. The Hall–Kier alpha value is -2.70. The molecule has 0 aliphatic rings. The number of aromatic nitrogens is 4. The fourth-order valence-corrected chi connectivity index (χ4v) is 2.40. The van der Waals surface area contributed by atoms with Gasteiger partial charge < -0.3 is 4.98 Å². The van der Waals surface area contributed by atoms with Crippen LogP contribution in [0.2, 0.25) is 0 Å². The van der Waals surface area contributed by atoms with Crippen LogP contribution in [0.5, 0.6) is 0 Å². The molecule has 2 heterocycles. The number of aromatic amines is 1. The Morgan fingerprint density at radius 2 is 1.80 bits per heavy atom. The molecule has 3 rings (SSSR count). The zero-order valence-electron chi connectivity index (χ0n) is 14.0. The molecule has 130 valence electrons. The van der Waals surface area contributed by atoms with Crippen LogP contribution >= 0.6 is 0 Å². The summed E-state index contributed by atoms with van der Waals surface area (Å²) in [7, 11) is 0. The molecule has 2 aromatic heterocycles. The highest BCUT2D eigenvalue weighted by atomic mass is 19.4. The number of imidazole rings is 1. The van der Waals surface area contributed by atoms with E-state index in [0.29, 0.717) is 28.5 Å². The summed E-state index contributed by atoms with van der Waals surface area (Å²) in [5, 5.41) is 0. The van der Waals surface area contributed by atoms with Gasteiger partial charge in [-0.05, 0) is 18.2 Å². The van der Waals surface area contributed by atoms with Gasteiger partial charge in [0.25, 0.3) is 0 Å². The van der Waals surface area contributed by atoms with Crippen LogP contribution in [-0.2, 0) is 11.6 Å². The number of alkyl halides is 3. The Kier molecular flexibility index (Phi) is 4.10. The lowest BCUT2D eigenvalue weighted by Gasteiger charge is -2.14. The fraction of sp³-hybridized carbons (Fsp3) is 0.278. The Labute approximate surface area is 143 Å². The molecule has 0 bridgehead atoms. The number of nitrogens with one attached hydrogen (secondary N) is 1. The third-order valence-electron chi connectivity index (χ3n) is 3.72. The monoisotopic (exact) mass is 346 g/mol. The quantitative estimate of drug-likeness (QED) is 0.722. The second-order valence-corrected chi connectivity index (χ2v) is 6.73. The molecule has 0 fully saturated rings.